The molecular formula is C6H10Cl2N2O. The summed E-state index contributed by atoms with van der Waals surface area (Å²) >= 11 is 10.7. The minimum absolute atomic E-state index is 0.00154. The summed E-state index contributed by atoms with van der Waals surface area (Å²) in [5.74, 6) is -0.0150. The number of aliphatic imine (C=N–C) groups is 1. The lowest BCUT2D eigenvalue weighted by Crippen LogP contribution is -2.17. The largest absolute Gasteiger partial charge is 0.374 e. The highest BCUT2D eigenvalue weighted by Crippen LogP contribution is 2.02. The zero-order valence-corrected chi connectivity index (χ0v) is 7.69. The van der Waals surface area contributed by atoms with Crippen molar-refractivity contribution in [2.45, 2.75) is 6.92 Å². The van der Waals surface area contributed by atoms with Crippen LogP contribution in [0, 0.1) is 5.92 Å². The maximum absolute atomic E-state index is 10.7. The van der Waals surface area contributed by atoms with E-state index in [-0.39, 0.29) is 29.4 Å². The van der Waals surface area contributed by atoms with Crippen LogP contribution < -0.4 is 5.73 Å². The maximum atomic E-state index is 10.7. The van der Waals surface area contributed by atoms with Gasteiger partial charge in [0.25, 0.3) is 0 Å². The highest BCUT2D eigenvalue weighted by molar-refractivity contribution is 6.64. The molecule has 0 bridgehead atoms. The van der Waals surface area contributed by atoms with E-state index in [0.717, 1.165) is 0 Å². The first-order valence-electron chi connectivity index (χ1n) is 3.09. The Labute approximate surface area is 75.6 Å². The Bertz CT molecular complexity index is 166. The highest BCUT2D eigenvalue weighted by atomic mass is 35.5. The third-order valence-corrected chi connectivity index (χ3v) is 1.72. The van der Waals surface area contributed by atoms with Crippen LogP contribution >= 0.6 is 23.2 Å². The minimum atomic E-state index is -0.269. The van der Waals surface area contributed by atoms with Gasteiger partial charge in [-0.2, -0.15) is 0 Å². The molecule has 0 aromatic rings. The molecule has 0 aliphatic heterocycles. The summed E-state index contributed by atoms with van der Waals surface area (Å²) in [6, 6.07) is 0. The molecular weight excluding hydrogens is 187 g/mol. The molecule has 0 aliphatic rings. The van der Waals surface area contributed by atoms with Crippen molar-refractivity contribution in [3.63, 3.8) is 0 Å². The number of Topliss-reactive ketones (excluding diaryl/α,β-unsaturated/α-hetero) is 1. The molecule has 0 saturated carbocycles. The van der Waals surface area contributed by atoms with E-state index >= 15 is 0 Å². The van der Waals surface area contributed by atoms with Crippen molar-refractivity contribution in [3.05, 3.63) is 0 Å². The van der Waals surface area contributed by atoms with Crippen LogP contribution in [0.3, 0.4) is 0 Å². The van der Waals surface area contributed by atoms with Crippen LogP contribution in [-0.4, -0.2) is 23.5 Å². The van der Waals surface area contributed by atoms with Crippen molar-refractivity contribution in [3.8, 4) is 0 Å². The molecule has 2 N–H and O–H groups in total. The summed E-state index contributed by atoms with van der Waals surface area (Å²) in [5, 5.41) is -0.0404. The van der Waals surface area contributed by atoms with Crippen molar-refractivity contribution in [2.75, 3.05) is 12.4 Å². The molecule has 0 aromatic carbocycles. The molecule has 1 atom stereocenters. The molecule has 0 rings (SSSR count). The van der Waals surface area contributed by atoms with Gasteiger partial charge < -0.3 is 5.73 Å². The Morgan fingerprint density at radius 2 is 2.27 bits per heavy atom. The third kappa shape index (κ3) is 5.04. The molecule has 5 heteroatoms. The lowest BCUT2D eigenvalue weighted by Gasteiger charge is -2.04. The second kappa shape index (κ2) is 5.38. The van der Waals surface area contributed by atoms with Gasteiger partial charge in [0, 0.05) is 5.88 Å². The number of halogens is 2. The zero-order chi connectivity index (χ0) is 8.85. The number of nitrogens with zero attached hydrogens (tertiary/aromatic N) is 1. The molecule has 3 nitrogen and oxygen atoms in total. The Kier molecular flexibility index (Phi) is 5.24. The number of carbonyl (C=O) groups is 1. The van der Waals surface area contributed by atoms with Gasteiger partial charge in [-0.25, -0.2) is 0 Å². The molecule has 0 heterocycles. The zero-order valence-electron chi connectivity index (χ0n) is 6.18. The highest BCUT2D eigenvalue weighted by Gasteiger charge is 2.11. The van der Waals surface area contributed by atoms with Gasteiger partial charge >= 0.3 is 0 Å². The normalized spacial score (nSPS) is 14.6. The van der Waals surface area contributed by atoms with E-state index in [1.54, 1.807) is 0 Å². The van der Waals surface area contributed by atoms with Crippen LogP contribution in [0.1, 0.15) is 6.92 Å². The van der Waals surface area contributed by atoms with E-state index in [4.69, 9.17) is 28.9 Å². The van der Waals surface area contributed by atoms with Crippen molar-refractivity contribution in [1.29, 1.82) is 0 Å². The van der Waals surface area contributed by atoms with Gasteiger partial charge in [-0.15, -0.1) is 11.6 Å². The van der Waals surface area contributed by atoms with Crippen molar-refractivity contribution in [2.24, 2.45) is 16.6 Å². The summed E-state index contributed by atoms with van der Waals surface area (Å²) < 4.78 is 0. The first kappa shape index (κ1) is 10.7. The Morgan fingerprint density at radius 3 is 2.55 bits per heavy atom. The SMILES string of the molecule is CC(=O)C(CCl)CN=C(N)Cl. The Morgan fingerprint density at radius 1 is 1.73 bits per heavy atom. The van der Waals surface area contributed by atoms with Crippen molar-refractivity contribution < 1.29 is 4.79 Å². The number of hydrogen-bond donors (Lipinski definition) is 1. The van der Waals surface area contributed by atoms with E-state index < -0.39 is 0 Å². The van der Waals surface area contributed by atoms with E-state index in [1.165, 1.54) is 6.92 Å². The minimum Gasteiger partial charge on any atom is -0.374 e. The maximum Gasteiger partial charge on any atom is 0.188 e. The lowest BCUT2D eigenvalue weighted by atomic mass is 10.1. The van der Waals surface area contributed by atoms with Gasteiger partial charge in [-0.3, -0.25) is 9.79 Å². The number of rotatable bonds is 4. The van der Waals surface area contributed by atoms with Gasteiger partial charge in [0.1, 0.15) is 5.78 Å². The number of ketones is 1. The first-order chi connectivity index (χ1) is 5.07. The van der Waals surface area contributed by atoms with Crippen molar-refractivity contribution in [1.82, 2.24) is 0 Å². The summed E-state index contributed by atoms with van der Waals surface area (Å²) in [6.07, 6.45) is 0. The average Bonchev–Trinajstić information content (AvgIpc) is 1.87. The number of hydrogen-bond acceptors (Lipinski definition) is 2. The lowest BCUT2D eigenvalue weighted by molar-refractivity contribution is -0.119. The van der Waals surface area contributed by atoms with Crippen LogP contribution in [0.25, 0.3) is 0 Å². The standard InChI is InChI=1S/C6H10Cl2N2O/c1-4(11)5(2-7)3-10-6(8)9/h5H,2-3H2,1H3,(H2,9,10). The van der Waals surface area contributed by atoms with Gasteiger partial charge in [-0.05, 0) is 18.5 Å². The molecule has 0 aromatic heterocycles. The summed E-state index contributed by atoms with van der Waals surface area (Å²) in [7, 11) is 0. The number of carbonyl (C=O) groups excluding carboxylic acids is 1. The predicted molar refractivity (Wildman–Crippen MR) is 47.2 cm³/mol. The predicted octanol–water partition coefficient (Wildman–Crippen LogP) is 0.984. The molecule has 64 valence electrons. The fourth-order valence-electron chi connectivity index (χ4n) is 0.483. The topological polar surface area (TPSA) is 55.5 Å². The third-order valence-electron chi connectivity index (χ3n) is 1.22. The molecule has 0 saturated heterocycles. The molecule has 1 unspecified atom stereocenters. The van der Waals surface area contributed by atoms with Crippen molar-refractivity contribution >= 4 is 34.3 Å². The second-order valence-electron chi connectivity index (χ2n) is 2.13. The van der Waals surface area contributed by atoms with Gasteiger partial charge in [0.15, 0.2) is 5.29 Å². The fraction of sp³-hybridized carbons (Fsp3) is 0.667. The molecule has 0 amide bonds. The quantitative estimate of drug-likeness (QED) is 0.316. The molecule has 11 heavy (non-hydrogen) atoms. The van der Waals surface area contributed by atoms with E-state index in [9.17, 15) is 4.79 Å². The van der Waals surface area contributed by atoms with Gasteiger partial charge in [-0.1, -0.05) is 0 Å². The number of alkyl halides is 1. The van der Waals surface area contributed by atoms with Crippen LogP contribution in [0.5, 0.6) is 0 Å². The number of nitrogens with two attached hydrogens (primary N) is 1. The summed E-state index contributed by atoms with van der Waals surface area (Å²) in [6.45, 7) is 1.74. The summed E-state index contributed by atoms with van der Waals surface area (Å²) in [4.78, 5) is 14.4. The monoisotopic (exact) mass is 196 g/mol. The Hall–Kier alpha value is -0.280. The second-order valence-corrected chi connectivity index (χ2v) is 2.82. The average molecular weight is 197 g/mol. The van der Waals surface area contributed by atoms with Crippen LogP contribution in [0.2, 0.25) is 0 Å². The van der Waals surface area contributed by atoms with Crippen LogP contribution in [0.15, 0.2) is 4.99 Å². The van der Waals surface area contributed by atoms with Crippen LogP contribution in [0.4, 0.5) is 0 Å². The molecule has 0 radical (unpaired) electrons. The van der Waals surface area contributed by atoms with E-state index in [0.29, 0.717) is 0 Å². The smallest absolute Gasteiger partial charge is 0.188 e. The Balaban J connectivity index is 3.89. The van der Waals surface area contributed by atoms with E-state index in [1.807, 2.05) is 0 Å². The molecule has 0 spiro atoms. The van der Waals surface area contributed by atoms with E-state index in [2.05, 4.69) is 4.99 Å². The van der Waals surface area contributed by atoms with Gasteiger partial charge in [0.05, 0.1) is 12.5 Å². The van der Waals surface area contributed by atoms with Gasteiger partial charge in [0.2, 0.25) is 0 Å². The van der Waals surface area contributed by atoms with Crippen LogP contribution in [-0.2, 0) is 4.79 Å². The first-order valence-corrected chi connectivity index (χ1v) is 4.01. The fourth-order valence-corrected chi connectivity index (χ4v) is 0.867. The molecule has 0 aliphatic carbocycles. The number of amidine groups is 1. The molecule has 0 fully saturated rings. The summed E-state index contributed by atoms with van der Waals surface area (Å²) in [5.41, 5.74) is 5.06.